The number of nitrogens with one attached hydrogen (secondary N) is 2. The van der Waals surface area contributed by atoms with Crippen LogP contribution in [-0.2, 0) is 9.53 Å². The summed E-state index contributed by atoms with van der Waals surface area (Å²) in [5.74, 6) is 0.796. The SMILES string of the molecule is COCC(C)NC(=O)CN[C@@H](C)C1CCCCC1. The molecule has 1 aliphatic carbocycles. The summed E-state index contributed by atoms with van der Waals surface area (Å²) in [5, 5.41) is 6.26. The topological polar surface area (TPSA) is 50.4 Å². The summed E-state index contributed by atoms with van der Waals surface area (Å²) >= 11 is 0. The molecule has 18 heavy (non-hydrogen) atoms. The minimum atomic E-state index is 0.0576. The molecule has 0 spiro atoms. The summed E-state index contributed by atoms with van der Waals surface area (Å²) in [7, 11) is 1.64. The molecule has 2 N–H and O–H groups in total. The van der Waals surface area contributed by atoms with E-state index in [1.54, 1.807) is 7.11 Å². The molecule has 1 unspecified atom stereocenters. The van der Waals surface area contributed by atoms with E-state index >= 15 is 0 Å². The maximum Gasteiger partial charge on any atom is 0.234 e. The summed E-state index contributed by atoms with van der Waals surface area (Å²) < 4.78 is 4.99. The fourth-order valence-corrected chi connectivity index (χ4v) is 2.67. The van der Waals surface area contributed by atoms with Crippen molar-refractivity contribution in [3.8, 4) is 0 Å². The minimum Gasteiger partial charge on any atom is -0.383 e. The second-order valence-corrected chi connectivity index (χ2v) is 5.49. The van der Waals surface area contributed by atoms with E-state index in [0.717, 1.165) is 5.92 Å². The lowest BCUT2D eigenvalue weighted by molar-refractivity contribution is -0.121. The summed E-state index contributed by atoms with van der Waals surface area (Å²) in [6, 6.07) is 0.517. The van der Waals surface area contributed by atoms with Crippen LogP contribution in [0.1, 0.15) is 46.0 Å². The molecular formula is C14H28N2O2. The first-order valence-corrected chi connectivity index (χ1v) is 7.15. The number of rotatable bonds is 7. The van der Waals surface area contributed by atoms with Gasteiger partial charge in [-0.25, -0.2) is 0 Å². The third-order valence-electron chi connectivity index (χ3n) is 3.77. The third kappa shape index (κ3) is 5.83. The molecule has 106 valence electrons. The fraction of sp³-hybridized carbons (Fsp3) is 0.929. The van der Waals surface area contributed by atoms with Crippen molar-refractivity contribution in [1.29, 1.82) is 0 Å². The molecule has 0 radical (unpaired) electrons. The molecule has 0 aromatic heterocycles. The van der Waals surface area contributed by atoms with Gasteiger partial charge in [0.05, 0.1) is 13.2 Å². The van der Waals surface area contributed by atoms with Gasteiger partial charge in [0.25, 0.3) is 0 Å². The number of carbonyl (C=O) groups excluding carboxylic acids is 1. The molecule has 1 saturated carbocycles. The van der Waals surface area contributed by atoms with E-state index < -0.39 is 0 Å². The Balaban J connectivity index is 2.16. The normalized spacial score (nSPS) is 20.4. The zero-order valence-electron chi connectivity index (χ0n) is 12.0. The van der Waals surface area contributed by atoms with Crippen molar-refractivity contribution in [3.63, 3.8) is 0 Å². The number of hydrogen-bond acceptors (Lipinski definition) is 3. The summed E-state index contributed by atoms with van der Waals surface area (Å²) in [4.78, 5) is 11.7. The maximum atomic E-state index is 11.7. The van der Waals surface area contributed by atoms with Gasteiger partial charge in [0.2, 0.25) is 5.91 Å². The summed E-state index contributed by atoms with van der Waals surface area (Å²) in [6.07, 6.45) is 6.66. The number of methoxy groups -OCH3 is 1. The van der Waals surface area contributed by atoms with E-state index in [-0.39, 0.29) is 11.9 Å². The Morgan fingerprint density at radius 1 is 1.28 bits per heavy atom. The van der Waals surface area contributed by atoms with E-state index in [1.807, 2.05) is 6.92 Å². The van der Waals surface area contributed by atoms with Gasteiger partial charge in [-0.05, 0) is 32.6 Å². The van der Waals surface area contributed by atoms with Crippen molar-refractivity contribution >= 4 is 5.91 Å². The van der Waals surface area contributed by atoms with E-state index in [9.17, 15) is 4.79 Å². The van der Waals surface area contributed by atoms with Crippen LogP contribution in [0.15, 0.2) is 0 Å². The third-order valence-corrected chi connectivity index (χ3v) is 3.77. The number of amides is 1. The van der Waals surface area contributed by atoms with E-state index in [0.29, 0.717) is 19.2 Å². The lowest BCUT2D eigenvalue weighted by Crippen LogP contribution is -2.44. The van der Waals surface area contributed by atoms with E-state index in [4.69, 9.17) is 4.74 Å². The molecule has 0 aliphatic heterocycles. The van der Waals surface area contributed by atoms with Crippen molar-refractivity contribution in [2.75, 3.05) is 20.3 Å². The number of carbonyl (C=O) groups is 1. The van der Waals surface area contributed by atoms with Gasteiger partial charge in [-0.2, -0.15) is 0 Å². The monoisotopic (exact) mass is 256 g/mol. The molecule has 0 heterocycles. The summed E-state index contributed by atoms with van der Waals surface area (Å²) in [5.41, 5.74) is 0. The second-order valence-electron chi connectivity index (χ2n) is 5.49. The Labute approximate surface area is 111 Å². The van der Waals surface area contributed by atoms with Crippen LogP contribution < -0.4 is 10.6 Å². The van der Waals surface area contributed by atoms with Crippen molar-refractivity contribution < 1.29 is 9.53 Å². The zero-order chi connectivity index (χ0) is 13.4. The largest absolute Gasteiger partial charge is 0.383 e. The Bertz CT molecular complexity index is 240. The molecule has 1 amide bonds. The predicted molar refractivity (Wildman–Crippen MR) is 73.5 cm³/mol. The molecule has 1 aliphatic rings. The highest BCUT2D eigenvalue weighted by Gasteiger charge is 2.20. The molecule has 4 nitrogen and oxygen atoms in total. The zero-order valence-corrected chi connectivity index (χ0v) is 12.0. The Kier molecular flexibility index (Phi) is 7.28. The van der Waals surface area contributed by atoms with Crippen LogP contribution in [0, 0.1) is 5.92 Å². The van der Waals surface area contributed by atoms with Gasteiger partial charge in [0.15, 0.2) is 0 Å². The van der Waals surface area contributed by atoms with Crippen LogP contribution in [0.2, 0.25) is 0 Å². The van der Waals surface area contributed by atoms with E-state index in [1.165, 1.54) is 32.1 Å². The van der Waals surface area contributed by atoms with Gasteiger partial charge in [0, 0.05) is 19.2 Å². The molecule has 2 atom stereocenters. The maximum absolute atomic E-state index is 11.7. The molecule has 0 aromatic rings. The highest BCUT2D eigenvalue weighted by molar-refractivity contribution is 5.78. The van der Waals surface area contributed by atoms with Gasteiger partial charge in [-0.3, -0.25) is 4.79 Å². The van der Waals surface area contributed by atoms with Crippen molar-refractivity contribution in [3.05, 3.63) is 0 Å². The molecule has 0 saturated heterocycles. The number of ether oxygens (including phenoxy) is 1. The van der Waals surface area contributed by atoms with E-state index in [2.05, 4.69) is 17.6 Å². The Morgan fingerprint density at radius 2 is 1.94 bits per heavy atom. The number of hydrogen-bond donors (Lipinski definition) is 2. The van der Waals surface area contributed by atoms with Crippen LogP contribution in [0.4, 0.5) is 0 Å². The van der Waals surface area contributed by atoms with Crippen LogP contribution in [0.25, 0.3) is 0 Å². The quantitative estimate of drug-likeness (QED) is 0.729. The Hall–Kier alpha value is -0.610. The lowest BCUT2D eigenvalue weighted by atomic mass is 9.84. The van der Waals surface area contributed by atoms with Gasteiger partial charge in [-0.15, -0.1) is 0 Å². The lowest BCUT2D eigenvalue weighted by Gasteiger charge is -2.28. The van der Waals surface area contributed by atoms with Gasteiger partial charge in [0.1, 0.15) is 0 Å². The van der Waals surface area contributed by atoms with Gasteiger partial charge >= 0.3 is 0 Å². The molecule has 0 aromatic carbocycles. The Morgan fingerprint density at radius 3 is 2.56 bits per heavy atom. The van der Waals surface area contributed by atoms with Crippen molar-refractivity contribution in [1.82, 2.24) is 10.6 Å². The van der Waals surface area contributed by atoms with Crippen molar-refractivity contribution in [2.45, 2.75) is 58.0 Å². The first kappa shape index (κ1) is 15.4. The van der Waals surface area contributed by atoms with Crippen LogP contribution in [0.5, 0.6) is 0 Å². The molecule has 1 fully saturated rings. The minimum absolute atomic E-state index is 0.0576. The van der Waals surface area contributed by atoms with Gasteiger partial charge < -0.3 is 15.4 Å². The highest BCUT2D eigenvalue weighted by Crippen LogP contribution is 2.26. The van der Waals surface area contributed by atoms with Crippen LogP contribution in [0.3, 0.4) is 0 Å². The first-order valence-electron chi connectivity index (χ1n) is 7.15. The molecular weight excluding hydrogens is 228 g/mol. The highest BCUT2D eigenvalue weighted by atomic mass is 16.5. The summed E-state index contributed by atoms with van der Waals surface area (Å²) in [6.45, 7) is 5.11. The smallest absolute Gasteiger partial charge is 0.234 e. The standard InChI is InChI=1S/C14H28N2O2/c1-11(10-18-3)16-14(17)9-15-12(2)13-7-5-4-6-8-13/h11-13,15H,4-10H2,1-3H3,(H,16,17)/t11?,12-/m0/s1. The second kappa shape index (κ2) is 8.48. The average molecular weight is 256 g/mol. The van der Waals surface area contributed by atoms with Crippen molar-refractivity contribution in [2.24, 2.45) is 5.92 Å². The van der Waals surface area contributed by atoms with Gasteiger partial charge in [-0.1, -0.05) is 19.3 Å². The predicted octanol–water partition coefficient (Wildman–Crippen LogP) is 1.70. The fourth-order valence-electron chi connectivity index (χ4n) is 2.67. The molecule has 4 heteroatoms. The molecule has 0 bridgehead atoms. The average Bonchev–Trinajstić information content (AvgIpc) is 2.37. The van der Waals surface area contributed by atoms with Crippen LogP contribution >= 0.6 is 0 Å². The molecule has 1 rings (SSSR count). The van der Waals surface area contributed by atoms with Crippen LogP contribution in [-0.4, -0.2) is 38.3 Å². The first-order chi connectivity index (χ1) is 8.63.